The van der Waals surface area contributed by atoms with Crippen LogP contribution in [0.15, 0.2) is 59.5 Å². The lowest BCUT2D eigenvalue weighted by atomic mass is 10.3. The Morgan fingerprint density at radius 2 is 1.60 bits per heavy atom. The van der Waals surface area contributed by atoms with E-state index in [1.54, 1.807) is 24.3 Å². The van der Waals surface area contributed by atoms with E-state index in [1.807, 2.05) is 25.1 Å². The number of halogens is 1. The monoisotopic (exact) mass is 309 g/mol. The molecule has 0 saturated heterocycles. The van der Waals surface area contributed by atoms with Gasteiger partial charge in [0.15, 0.2) is 0 Å². The smallest absolute Gasteiger partial charge is 0.264 e. The number of nitrogens with zero attached hydrogens (tertiary/aromatic N) is 1. The molecule has 0 radical (unpaired) electrons. The fourth-order valence-corrected chi connectivity index (χ4v) is 3.60. The van der Waals surface area contributed by atoms with Gasteiger partial charge in [0.1, 0.15) is 0 Å². The van der Waals surface area contributed by atoms with Crippen LogP contribution in [0, 0.1) is 0 Å². The summed E-state index contributed by atoms with van der Waals surface area (Å²) in [5, 5.41) is 0.519. The minimum absolute atomic E-state index is 0.249. The van der Waals surface area contributed by atoms with Gasteiger partial charge in [0.2, 0.25) is 0 Å². The molecule has 0 heterocycles. The minimum Gasteiger partial charge on any atom is -0.266 e. The van der Waals surface area contributed by atoms with E-state index in [4.69, 9.17) is 11.6 Å². The molecule has 3 nitrogen and oxygen atoms in total. The van der Waals surface area contributed by atoms with Crippen LogP contribution < -0.4 is 4.31 Å². The van der Waals surface area contributed by atoms with E-state index in [0.29, 0.717) is 17.3 Å². The maximum atomic E-state index is 12.7. The lowest BCUT2D eigenvalue weighted by molar-refractivity contribution is 0.590. The summed E-state index contributed by atoms with van der Waals surface area (Å²) in [6.45, 7) is 2.39. The number of benzene rings is 2. The van der Waals surface area contributed by atoms with Crippen molar-refractivity contribution < 1.29 is 8.42 Å². The summed E-state index contributed by atoms with van der Waals surface area (Å²) in [5.41, 5.74) is 0.671. The molecular weight excluding hydrogens is 294 g/mol. The van der Waals surface area contributed by atoms with E-state index in [0.717, 1.165) is 6.42 Å². The van der Waals surface area contributed by atoms with Crippen molar-refractivity contribution in [3.63, 3.8) is 0 Å². The molecule has 2 rings (SSSR count). The van der Waals surface area contributed by atoms with Crippen molar-refractivity contribution in [2.24, 2.45) is 0 Å². The van der Waals surface area contributed by atoms with Crippen LogP contribution >= 0.6 is 11.6 Å². The van der Waals surface area contributed by atoms with Crippen LogP contribution in [0.1, 0.15) is 13.3 Å². The van der Waals surface area contributed by atoms with Crippen molar-refractivity contribution >= 4 is 27.3 Å². The summed E-state index contributed by atoms with van der Waals surface area (Å²) >= 11 is 5.81. The number of sulfonamides is 1. The van der Waals surface area contributed by atoms with Gasteiger partial charge >= 0.3 is 0 Å². The molecule has 0 N–H and O–H groups in total. The molecule has 0 amide bonds. The molecular formula is C15H16ClNO2S. The first kappa shape index (κ1) is 14.9. The molecule has 0 atom stereocenters. The zero-order valence-electron chi connectivity index (χ0n) is 11.2. The second-order valence-electron chi connectivity index (χ2n) is 4.37. The van der Waals surface area contributed by atoms with E-state index in [2.05, 4.69) is 0 Å². The van der Waals surface area contributed by atoms with Gasteiger partial charge in [-0.25, -0.2) is 8.42 Å². The van der Waals surface area contributed by atoms with Crippen molar-refractivity contribution in [1.82, 2.24) is 0 Å². The molecule has 0 unspecified atom stereocenters. The molecule has 20 heavy (non-hydrogen) atoms. The van der Waals surface area contributed by atoms with Crippen LogP contribution in [-0.2, 0) is 10.0 Å². The number of hydrogen-bond acceptors (Lipinski definition) is 2. The molecule has 2 aromatic carbocycles. The van der Waals surface area contributed by atoms with Gasteiger partial charge in [-0.2, -0.15) is 0 Å². The zero-order chi connectivity index (χ0) is 14.6. The molecule has 0 fully saturated rings. The lowest BCUT2D eigenvalue weighted by Crippen LogP contribution is -2.31. The van der Waals surface area contributed by atoms with E-state index >= 15 is 0 Å². The Morgan fingerprint density at radius 3 is 2.15 bits per heavy atom. The van der Waals surface area contributed by atoms with Gasteiger partial charge in [0, 0.05) is 11.6 Å². The van der Waals surface area contributed by atoms with Crippen molar-refractivity contribution in [1.29, 1.82) is 0 Å². The first-order valence-electron chi connectivity index (χ1n) is 6.39. The third-order valence-electron chi connectivity index (χ3n) is 2.87. The summed E-state index contributed by atoms with van der Waals surface area (Å²) in [6.07, 6.45) is 0.738. The predicted octanol–water partition coefficient (Wildman–Crippen LogP) is 3.95. The highest BCUT2D eigenvalue weighted by Gasteiger charge is 2.23. The quantitative estimate of drug-likeness (QED) is 0.838. The van der Waals surface area contributed by atoms with Crippen LogP contribution in [0.5, 0.6) is 0 Å². The molecule has 0 bridgehead atoms. The molecule has 0 spiro atoms. The van der Waals surface area contributed by atoms with Gasteiger partial charge in [-0.1, -0.05) is 36.7 Å². The maximum absolute atomic E-state index is 12.7. The van der Waals surface area contributed by atoms with Gasteiger partial charge in [-0.05, 0) is 42.8 Å². The van der Waals surface area contributed by atoms with Crippen molar-refractivity contribution in [3.05, 3.63) is 59.6 Å². The largest absolute Gasteiger partial charge is 0.266 e. The molecule has 0 aliphatic rings. The van der Waals surface area contributed by atoms with Gasteiger partial charge < -0.3 is 0 Å². The van der Waals surface area contributed by atoms with E-state index in [1.165, 1.54) is 16.4 Å². The first-order chi connectivity index (χ1) is 9.55. The number of anilines is 1. The van der Waals surface area contributed by atoms with E-state index in [9.17, 15) is 8.42 Å². The Balaban J connectivity index is 2.45. The summed E-state index contributed by atoms with van der Waals surface area (Å²) < 4.78 is 26.9. The van der Waals surface area contributed by atoms with Crippen LogP contribution in [-0.4, -0.2) is 15.0 Å². The summed E-state index contributed by atoms with van der Waals surface area (Å²) in [6, 6.07) is 15.3. The third kappa shape index (κ3) is 3.14. The lowest BCUT2D eigenvalue weighted by Gasteiger charge is -2.24. The van der Waals surface area contributed by atoms with Crippen molar-refractivity contribution in [2.45, 2.75) is 18.2 Å². The fraction of sp³-hybridized carbons (Fsp3) is 0.200. The Bertz CT molecular complexity index is 654. The molecule has 0 aromatic heterocycles. The van der Waals surface area contributed by atoms with Gasteiger partial charge in [-0.15, -0.1) is 0 Å². The standard InChI is InChI=1S/C15H16ClNO2S/c1-2-12-17(14-6-4-3-5-7-14)20(18,19)15-10-8-13(16)9-11-15/h3-11H,2,12H2,1H3. The zero-order valence-corrected chi connectivity index (χ0v) is 12.7. The van der Waals surface area contributed by atoms with Crippen molar-refractivity contribution in [2.75, 3.05) is 10.8 Å². The van der Waals surface area contributed by atoms with Gasteiger partial charge in [-0.3, -0.25) is 4.31 Å². The third-order valence-corrected chi connectivity index (χ3v) is 4.97. The Kier molecular flexibility index (Phi) is 4.68. The normalized spacial score (nSPS) is 11.3. The summed E-state index contributed by atoms with van der Waals surface area (Å²) in [7, 11) is -3.56. The average Bonchev–Trinajstić information content (AvgIpc) is 2.46. The highest BCUT2D eigenvalue weighted by Crippen LogP contribution is 2.24. The number of hydrogen-bond donors (Lipinski definition) is 0. The molecule has 0 aliphatic carbocycles. The van der Waals surface area contributed by atoms with Crippen LogP contribution in [0.2, 0.25) is 5.02 Å². The average molecular weight is 310 g/mol. The topological polar surface area (TPSA) is 37.4 Å². The molecule has 0 aliphatic heterocycles. The highest BCUT2D eigenvalue weighted by atomic mass is 35.5. The Morgan fingerprint density at radius 1 is 1.00 bits per heavy atom. The molecule has 5 heteroatoms. The predicted molar refractivity (Wildman–Crippen MR) is 82.7 cm³/mol. The van der Waals surface area contributed by atoms with Gasteiger partial charge in [0.25, 0.3) is 10.0 Å². The second-order valence-corrected chi connectivity index (χ2v) is 6.67. The maximum Gasteiger partial charge on any atom is 0.264 e. The van der Waals surface area contributed by atoms with Crippen LogP contribution in [0.3, 0.4) is 0 Å². The second kappa shape index (κ2) is 6.29. The molecule has 106 valence electrons. The highest BCUT2D eigenvalue weighted by molar-refractivity contribution is 7.92. The Hall–Kier alpha value is -1.52. The summed E-state index contributed by atoms with van der Waals surface area (Å²) in [5.74, 6) is 0. The fourth-order valence-electron chi connectivity index (χ4n) is 1.92. The van der Waals surface area contributed by atoms with Crippen LogP contribution in [0.4, 0.5) is 5.69 Å². The van der Waals surface area contributed by atoms with Crippen molar-refractivity contribution in [3.8, 4) is 0 Å². The minimum atomic E-state index is -3.56. The van der Waals surface area contributed by atoms with Gasteiger partial charge in [0.05, 0.1) is 10.6 Å². The Labute approximate surface area is 124 Å². The molecule has 0 saturated carbocycles. The molecule has 2 aromatic rings. The SMILES string of the molecule is CCCN(c1ccccc1)S(=O)(=O)c1ccc(Cl)cc1. The van der Waals surface area contributed by atoms with E-state index in [-0.39, 0.29) is 4.90 Å². The number of para-hydroxylation sites is 1. The van der Waals surface area contributed by atoms with E-state index < -0.39 is 10.0 Å². The number of rotatable bonds is 5. The first-order valence-corrected chi connectivity index (χ1v) is 8.21. The van der Waals surface area contributed by atoms with Crippen LogP contribution in [0.25, 0.3) is 0 Å². The summed E-state index contributed by atoms with van der Waals surface area (Å²) in [4.78, 5) is 0.249.